The number of hydrogen-bond acceptors (Lipinski definition) is 7. The van der Waals surface area contributed by atoms with E-state index in [0.29, 0.717) is 12.0 Å². The lowest BCUT2D eigenvalue weighted by Crippen LogP contribution is -2.18. The Balaban J connectivity index is 1.53. The van der Waals surface area contributed by atoms with Crippen LogP contribution in [0.5, 0.6) is 11.5 Å². The molecule has 0 amide bonds. The van der Waals surface area contributed by atoms with Crippen LogP contribution in [0.4, 0.5) is 11.8 Å². The quantitative estimate of drug-likeness (QED) is 0.762. The highest BCUT2D eigenvalue weighted by Crippen LogP contribution is 2.27. The van der Waals surface area contributed by atoms with Crippen LogP contribution in [0, 0.1) is 0 Å². The summed E-state index contributed by atoms with van der Waals surface area (Å²) < 4.78 is 10.6. The lowest BCUT2D eigenvalue weighted by molar-refractivity contribution is 0.354. The van der Waals surface area contributed by atoms with E-state index in [1.54, 1.807) is 20.4 Å². The molecule has 1 saturated carbocycles. The molecule has 134 valence electrons. The Morgan fingerprint density at radius 2 is 1.92 bits per heavy atom. The lowest BCUT2D eigenvalue weighted by atomic mass is 10.1. The van der Waals surface area contributed by atoms with E-state index in [9.17, 15) is 0 Å². The van der Waals surface area contributed by atoms with Crippen molar-refractivity contribution in [2.24, 2.45) is 0 Å². The number of anilines is 2. The van der Waals surface area contributed by atoms with E-state index >= 15 is 0 Å². The summed E-state index contributed by atoms with van der Waals surface area (Å²) in [7, 11) is 3.28. The Morgan fingerprint density at radius 1 is 1.12 bits per heavy atom. The van der Waals surface area contributed by atoms with Gasteiger partial charge >= 0.3 is 0 Å². The van der Waals surface area contributed by atoms with E-state index in [0.717, 1.165) is 35.8 Å². The van der Waals surface area contributed by atoms with Crippen molar-refractivity contribution in [1.82, 2.24) is 15.2 Å². The van der Waals surface area contributed by atoms with Crippen LogP contribution >= 0.6 is 0 Å². The van der Waals surface area contributed by atoms with Crippen molar-refractivity contribution < 1.29 is 9.47 Å². The molecule has 0 saturated heterocycles. The number of ether oxygens (including phenoxy) is 2. The summed E-state index contributed by atoms with van der Waals surface area (Å²) in [5, 5.41) is 14.8. The van der Waals surface area contributed by atoms with Crippen molar-refractivity contribution in [1.29, 1.82) is 0 Å². The van der Waals surface area contributed by atoms with Crippen LogP contribution in [-0.2, 0) is 6.42 Å². The number of rotatable bonds is 8. The average molecular weight is 343 g/mol. The van der Waals surface area contributed by atoms with Gasteiger partial charge in [-0.25, -0.2) is 0 Å². The molecule has 1 aliphatic carbocycles. The van der Waals surface area contributed by atoms with E-state index in [1.807, 2.05) is 18.2 Å². The van der Waals surface area contributed by atoms with Gasteiger partial charge in [0.05, 0.1) is 20.4 Å². The van der Waals surface area contributed by atoms with Crippen LogP contribution in [0.1, 0.15) is 31.2 Å². The first-order valence-electron chi connectivity index (χ1n) is 8.69. The fourth-order valence-corrected chi connectivity index (χ4v) is 3.07. The largest absolute Gasteiger partial charge is 0.493 e. The number of methoxy groups -OCH3 is 2. The van der Waals surface area contributed by atoms with Gasteiger partial charge in [0.15, 0.2) is 17.3 Å². The van der Waals surface area contributed by atoms with Gasteiger partial charge in [-0.1, -0.05) is 18.9 Å². The molecule has 0 radical (unpaired) electrons. The molecular formula is C18H25N5O2. The topological polar surface area (TPSA) is 81.2 Å². The number of nitrogens with zero attached hydrogens (tertiary/aromatic N) is 3. The Labute approximate surface area is 148 Å². The van der Waals surface area contributed by atoms with Crippen LogP contribution in [0.3, 0.4) is 0 Å². The normalized spacial score (nSPS) is 14.3. The zero-order chi connectivity index (χ0) is 17.5. The summed E-state index contributed by atoms with van der Waals surface area (Å²) in [6.07, 6.45) is 7.40. The predicted molar refractivity (Wildman–Crippen MR) is 97.4 cm³/mol. The summed E-state index contributed by atoms with van der Waals surface area (Å²) >= 11 is 0. The smallest absolute Gasteiger partial charge is 0.244 e. The van der Waals surface area contributed by atoms with E-state index in [2.05, 4.69) is 25.8 Å². The highest BCUT2D eigenvalue weighted by Gasteiger charge is 2.15. The predicted octanol–water partition coefficient (Wildman–Crippen LogP) is 2.90. The number of benzene rings is 1. The molecule has 1 aromatic heterocycles. The molecule has 1 fully saturated rings. The third-order valence-corrected chi connectivity index (χ3v) is 4.41. The molecule has 0 bridgehead atoms. The van der Waals surface area contributed by atoms with Gasteiger partial charge in [0.1, 0.15) is 0 Å². The lowest BCUT2D eigenvalue weighted by Gasteiger charge is -2.12. The van der Waals surface area contributed by atoms with Crippen molar-refractivity contribution in [3.63, 3.8) is 0 Å². The van der Waals surface area contributed by atoms with Gasteiger partial charge in [-0.2, -0.15) is 10.1 Å². The molecule has 2 aromatic rings. The molecule has 0 aliphatic heterocycles. The average Bonchev–Trinajstić information content (AvgIpc) is 3.15. The Kier molecular flexibility index (Phi) is 5.87. The molecular weight excluding hydrogens is 318 g/mol. The van der Waals surface area contributed by atoms with Crippen LogP contribution in [0.15, 0.2) is 24.4 Å². The maximum atomic E-state index is 5.34. The molecule has 7 nitrogen and oxygen atoms in total. The highest BCUT2D eigenvalue weighted by atomic mass is 16.5. The molecule has 1 aromatic carbocycles. The van der Waals surface area contributed by atoms with Gasteiger partial charge < -0.3 is 20.1 Å². The molecule has 7 heteroatoms. The van der Waals surface area contributed by atoms with Crippen molar-refractivity contribution >= 4 is 11.8 Å². The molecule has 0 unspecified atom stereocenters. The van der Waals surface area contributed by atoms with Gasteiger partial charge in [-0.3, -0.25) is 0 Å². The van der Waals surface area contributed by atoms with Gasteiger partial charge in [0.25, 0.3) is 0 Å². The third-order valence-electron chi connectivity index (χ3n) is 4.41. The van der Waals surface area contributed by atoms with Gasteiger partial charge in [0, 0.05) is 12.6 Å². The van der Waals surface area contributed by atoms with Crippen molar-refractivity contribution in [2.45, 2.75) is 38.1 Å². The van der Waals surface area contributed by atoms with Gasteiger partial charge in [-0.05, 0) is 37.0 Å². The zero-order valence-corrected chi connectivity index (χ0v) is 14.8. The first-order chi connectivity index (χ1) is 12.3. The first kappa shape index (κ1) is 17.3. The van der Waals surface area contributed by atoms with Crippen molar-refractivity contribution in [2.75, 3.05) is 31.4 Å². The zero-order valence-electron chi connectivity index (χ0n) is 14.8. The Morgan fingerprint density at radius 3 is 2.68 bits per heavy atom. The second-order valence-corrected chi connectivity index (χ2v) is 6.16. The van der Waals surface area contributed by atoms with Crippen LogP contribution in [-0.4, -0.2) is 42.0 Å². The van der Waals surface area contributed by atoms with E-state index in [1.165, 1.54) is 25.7 Å². The van der Waals surface area contributed by atoms with Crippen LogP contribution in [0.2, 0.25) is 0 Å². The maximum Gasteiger partial charge on any atom is 0.244 e. The minimum absolute atomic E-state index is 0.476. The molecule has 0 spiro atoms. The second kappa shape index (κ2) is 8.50. The third kappa shape index (κ3) is 4.71. The fourth-order valence-electron chi connectivity index (χ4n) is 3.07. The van der Waals surface area contributed by atoms with E-state index in [-0.39, 0.29) is 0 Å². The molecule has 1 heterocycles. The summed E-state index contributed by atoms with van der Waals surface area (Å²) in [4.78, 5) is 4.49. The monoisotopic (exact) mass is 343 g/mol. The highest BCUT2D eigenvalue weighted by molar-refractivity contribution is 5.43. The van der Waals surface area contributed by atoms with E-state index in [4.69, 9.17) is 9.47 Å². The van der Waals surface area contributed by atoms with Gasteiger partial charge in [-0.15, -0.1) is 5.10 Å². The van der Waals surface area contributed by atoms with E-state index < -0.39 is 0 Å². The van der Waals surface area contributed by atoms with Gasteiger partial charge in [0.2, 0.25) is 5.95 Å². The summed E-state index contributed by atoms with van der Waals surface area (Å²) in [6.45, 7) is 0.747. The molecule has 25 heavy (non-hydrogen) atoms. The SMILES string of the molecule is COc1ccc(CCNc2cnnc(NC3CCCC3)n2)cc1OC. The number of aromatic nitrogens is 3. The number of nitrogens with one attached hydrogen (secondary N) is 2. The minimum Gasteiger partial charge on any atom is -0.493 e. The van der Waals surface area contributed by atoms with Crippen molar-refractivity contribution in [3.8, 4) is 11.5 Å². The fraction of sp³-hybridized carbons (Fsp3) is 0.500. The second-order valence-electron chi connectivity index (χ2n) is 6.16. The van der Waals surface area contributed by atoms with Crippen LogP contribution in [0.25, 0.3) is 0 Å². The molecule has 3 rings (SSSR count). The summed E-state index contributed by atoms with van der Waals surface area (Å²) in [6, 6.07) is 6.42. The Hall–Kier alpha value is -2.57. The Bertz CT molecular complexity index is 689. The first-order valence-corrected chi connectivity index (χ1v) is 8.69. The molecule has 1 aliphatic rings. The summed E-state index contributed by atoms with van der Waals surface area (Å²) in [5.41, 5.74) is 1.16. The number of hydrogen-bond donors (Lipinski definition) is 2. The van der Waals surface area contributed by atoms with Crippen molar-refractivity contribution in [3.05, 3.63) is 30.0 Å². The van der Waals surface area contributed by atoms with Crippen LogP contribution < -0.4 is 20.1 Å². The molecule has 2 N–H and O–H groups in total. The molecule has 0 atom stereocenters. The minimum atomic E-state index is 0.476. The standard InChI is InChI=1S/C18H25N5O2/c1-24-15-8-7-13(11-16(15)25-2)9-10-19-17-12-20-23-18(22-17)21-14-5-3-4-6-14/h7-8,11-12,14H,3-6,9-10H2,1-2H3,(H2,19,21,22,23). The summed E-state index contributed by atoms with van der Waals surface area (Å²) in [5.74, 6) is 2.81. The maximum absolute atomic E-state index is 5.34.